The van der Waals surface area contributed by atoms with Crippen LogP contribution < -0.4 is 0 Å². The van der Waals surface area contributed by atoms with Crippen LogP contribution in [-0.4, -0.2) is 95.6 Å². The molecule has 0 unspecified atom stereocenters. The van der Waals surface area contributed by atoms with Gasteiger partial charge in [-0.3, -0.25) is 0 Å². The molecule has 272 valence electrons. The molecule has 0 aliphatic heterocycles. The van der Waals surface area contributed by atoms with Gasteiger partial charge in [0.15, 0.2) is 0 Å². The lowest BCUT2D eigenvalue weighted by atomic mass is 10.2. The molecule has 0 aliphatic carbocycles. The highest BCUT2D eigenvalue weighted by Gasteiger charge is 2.04. The summed E-state index contributed by atoms with van der Waals surface area (Å²) in [5.74, 6) is -1.42. The number of aliphatic hydroxyl groups is 1. The molecule has 0 saturated heterocycles. The predicted octanol–water partition coefficient (Wildman–Crippen LogP) is 5.10. The third-order valence-electron chi connectivity index (χ3n) is 4.93. The summed E-state index contributed by atoms with van der Waals surface area (Å²) in [5, 5.41) is 8.32. The molecule has 0 bridgehead atoms. The van der Waals surface area contributed by atoms with Gasteiger partial charge >= 0.3 is 23.9 Å². The summed E-state index contributed by atoms with van der Waals surface area (Å²) in [6.07, 6.45) is 1.97. The molecule has 0 atom stereocenters. The fourth-order valence-corrected chi connectivity index (χ4v) is 2.32. The first-order chi connectivity index (χ1) is 22.7. The number of esters is 4. The number of ether oxygens (including phenoxy) is 7. The number of hydrogen-bond acceptors (Lipinski definition) is 12. The monoisotopic (exact) mass is 680 g/mol. The highest BCUT2D eigenvalue weighted by atomic mass is 16.6. The maximum absolute atomic E-state index is 11.0. The smallest absolute Gasteiger partial charge is 0.333 e. The number of rotatable bonds is 20. The standard InChI is InChI=1S/C11H12O2.C9H16O4.C8H14O4.C8H14O2/c1-9(2)11(12)13-8-10-6-4-3-5-7-10;1-8(2)9(10)13-7-6-12-5-4-11-3;1-7(2)8(10)12-6-5-11-4-3-9;1-4-5-6-10-8(9)7(2)3/h3-7H,1,8H2,2H3;1,4-7H2,2-3H3;9H,1,3-6H2,2H3;2,4-6H2,1,3H3. The average Bonchev–Trinajstić information content (AvgIpc) is 3.06. The minimum atomic E-state index is -0.414. The van der Waals surface area contributed by atoms with E-state index in [2.05, 4.69) is 33.2 Å². The van der Waals surface area contributed by atoms with Crippen LogP contribution in [-0.2, 0) is 58.9 Å². The van der Waals surface area contributed by atoms with Crippen molar-refractivity contribution >= 4 is 23.9 Å². The Bertz CT molecular complexity index is 1080. The van der Waals surface area contributed by atoms with Gasteiger partial charge in [0.25, 0.3) is 0 Å². The van der Waals surface area contributed by atoms with Gasteiger partial charge in [-0.25, -0.2) is 19.2 Å². The normalized spacial score (nSPS) is 9.40. The SMILES string of the molecule is C=C(C)C(=O)OCCCC.C=C(C)C(=O)OCCOCCO.C=C(C)C(=O)OCCOCCOC.C=C(C)C(=O)OCc1ccccc1. The van der Waals surface area contributed by atoms with Crippen molar-refractivity contribution in [1.82, 2.24) is 0 Å². The van der Waals surface area contributed by atoms with Crippen LogP contribution in [0.3, 0.4) is 0 Å². The van der Waals surface area contributed by atoms with Gasteiger partial charge in [0.05, 0.1) is 46.2 Å². The topological polar surface area (TPSA) is 153 Å². The van der Waals surface area contributed by atoms with Crippen molar-refractivity contribution in [3.05, 3.63) is 84.5 Å². The molecular weight excluding hydrogens is 624 g/mol. The van der Waals surface area contributed by atoms with E-state index in [0.717, 1.165) is 18.4 Å². The number of carbonyl (C=O) groups is 4. The maximum atomic E-state index is 11.0. The number of unbranched alkanes of at least 4 members (excludes halogenated alkanes) is 1. The van der Waals surface area contributed by atoms with Crippen molar-refractivity contribution < 1.29 is 57.4 Å². The molecule has 0 aliphatic rings. The van der Waals surface area contributed by atoms with E-state index in [1.54, 1.807) is 34.8 Å². The minimum absolute atomic E-state index is 0.0194. The number of methoxy groups -OCH3 is 1. The van der Waals surface area contributed by atoms with Crippen molar-refractivity contribution in [3.8, 4) is 0 Å². The zero-order chi connectivity index (χ0) is 37.2. The Hall–Kier alpha value is -4.10. The van der Waals surface area contributed by atoms with E-state index in [1.807, 2.05) is 30.3 Å². The third-order valence-corrected chi connectivity index (χ3v) is 4.93. The zero-order valence-corrected chi connectivity index (χ0v) is 29.6. The molecule has 1 aromatic carbocycles. The van der Waals surface area contributed by atoms with Crippen LogP contribution in [0.5, 0.6) is 0 Å². The van der Waals surface area contributed by atoms with E-state index in [9.17, 15) is 19.2 Å². The minimum Gasteiger partial charge on any atom is -0.462 e. The van der Waals surface area contributed by atoms with Crippen LogP contribution >= 0.6 is 0 Å². The van der Waals surface area contributed by atoms with Gasteiger partial charge in [-0.2, -0.15) is 0 Å². The van der Waals surface area contributed by atoms with E-state index in [4.69, 9.17) is 38.3 Å². The Morgan fingerprint density at radius 2 is 0.979 bits per heavy atom. The molecule has 12 nitrogen and oxygen atoms in total. The van der Waals surface area contributed by atoms with Crippen molar-refractivity contribution in [1.29, 1.82) is 0 Å². The maximum Gasteiger partial charge on any atom is 0.333 e. The van der Waals surface area contributed by atoms with Crippen molar-refractivity contribution in [3.63, 3.8) is 0 Å². The zero-order valence-electron chi connectivity index (χ0n) is 29.6. The molecule has 1 N–H and O–H groups in total. The van der Waals surface area contributed by atoms with Crippen molar-refractivity contribution in [2.24, 2.45) is 0 Å². The first-order valence-corrected chi connectivity index (χ1v) is 15.3. The molecular formula is C36H56O12. The lowest BCUT2D eigenvalue weighted by Crippen LogP contribution is -2.12. The van der Waals surface area contributed by atoms with Gasteiger partial charge in [-0.15, -0.1) is 0 Å². The van der Waals surface area contributed by atoms with Crippen LogP contribution in [0.25, 0.3) is 0 Å². The van der Waals surface area contributed by atoms with E-state index in [0.29, 0.717) is 61.9 Å². The van der Waals surface area contributed by atoms with Crippen LogP contribution in [0.1, 0.15) is 53.0 Å². The summed E-state index contributed by atoms with van der Waals surface area (Å²) in [6.45, 7) is 25.6. The summed E-state index contributed by atoms with van der Waals surface area (Å²) < 4.78 is 33.9. The fraction of sp³-hybridized carbons (Fsp3) is 0.500. The molecule has 0 amide bonds. The largest absolute Gasteiger partial charge is 0.462 e. The second-order valence-electron chi connectivity index (χ2n) is 9.89. The molecule has 1 rings (SSSR count). The predicted molar refractivity (Wildman–Crippen MR) is 184 cm³/mol. The summed E-state index contributed by atoms with van der Waals surface area (Å²) in [6, 6.07) is 9.55. The molecule has 0 heterocycles. The van der Waals surface area contributed by atoms with E-state index >= 15 is 0 Å². The van der Waals surface area contributed by atoms with Gasteiger partial charge in [-0.05, 0) is 39.7 Å². The van der Waals surface area contributed by atoms with Gasteiger partial charge < -0.3 is 38.3 Å². The second-order valence-corrected chi connectivity index (χ2v) is 9.89. The van der Waals surface area contributed by atoms with Gasteiger partial charge in [0.2, 0.25) is 0 Å². The Kier molecular flexibility index (Phi) is 34.5. The first kappa shape index (κ1) is 48.3. The first-order valence-electron chi connectivity index (χ1n) is 15.3. The van der Waals surface area contributed by atoms with Gasteiger partial charge in [0.1, 0.15) is 19.8 Å². The lowest BCUT2D eigenvalue weighted by molar-refractivity contribution is -0.141. The number of hydrogen-bond donors (Lipinski definition) is 1. The van der Waals surface area contributed by atoms with Crippen LogP contribution in [0.15, 0.2) is 78.9 Å². The average molecular weight is 681 g/mol. The molecule has 0 spiro atoms. The van der Waals surface area contributed by atoms with Crippen LogP contribution in [0.4, 0.5) is 0 Å². The van der Waals surface area contributed by atoms with Crippen LogP contribution in [0.2, 0.25) is 0 Å². The summed E-state index contributed by atoms with van der Waals surface area (Å²) in [4.78, 5) is 43.3. The summed E-state index contributed by atoms with van der Waals surface area (Å²) in [5.41, 5.74) is 2.65. The second kappa shape index (κ2) is 34.2. The van der Waals surface area contributed by atoms with E-state index in [1.165, 1.54) is 0 Å². The van der Waals surface area contributed by atoms with Crippen molar-refractivity contribution in [2.45, 2.75) is 54.1 Å². The number of carbonyl (C=O) groups excluding carboxylic acids is 4. The lowest BCUT2D eigenvalue weighted by Gasteiger charge is -2.04. The number of aliphatic hydroxyl groups excluding tert-OH is 1. The Morgan fingerprint density at radius 1 is 0.583 bits per heavy atom. The van der Waals surface area contributed by atoms with E-state index < -0.39 is 5.97 Å². The molecule has 0 radical (unpaired) electrons. The Morgan fingerprint density at radius 3 is 1.38 bits per heavy atom. The molecule has 12 heteroatoms. The van der Waals surface area contributed by atoms with Gasteiger partial charge in [-0.1, -0.05) is 70.0 Å². The van der Waals surface area contributed by atoms with E-state index in [-0.39, 0.29) is 44.3 Å². The fourth-order valence-electron chi connectivity index (χ4n) is 2.32. The summed E-state index contributed by atoms with van der Waals surface area (Å²) in [7, 11) is 1.60. The van der Waals surface area contributed by atoms with Gasteiger partial charge in [0, 0.05) is 29.4 Å². The Balaban J connectivity index is -0.000000566. The Labute approximate surface area is 286 Å². The van der Waals surface area contributed by atoms with Crippen molar-refractivity contribution in [2.75, 3.05) is 66.6 Å². The summed E-state index contributed by atoms with van der Waals surface area (Å²) >= 11 is 0. The van der Waals surface area contributed by atoms with Crippen LogP contribution in [0, 0.1) is 0 Å². The highest BCUT2D eigenvalue weighted by molar-refractivity contribution is 5.88. The highest BCUT2D eigenvalue weighted by Crippen LogP contribution is 2.02. The molecule has 48 heavy (non-hydrogen) atoms. The molecule has 1 aromatic rings. The number of benzene rings is 1. The molecule has 0 saturated carbocycles. The molecule has 0 aromatic heterocycles. The molecule has 0 fully saturated rings. The quantitative estimate of drug-likeness (QED) is 0.0844. The third kappa shape index (κ3) is 34.8.